The number of aryl methyl sites for hydroxylation is 1. The minimum absolute atomic E-state index is 0.289. The van der Waals surface area contributed by atoms with Crippen LogP contribution in [0.2, 0.25) is 0 Å². The summed E-state index contributed by atoms with van der Waals surface area (Å²) in [5.41, 5.74) is 1.07. The van der Waals surface area contributed by atoms with Gasteiger partial charge in [0.2, 0.25) is 5.91 Å². The van der Waals surface area contributed by atoms with Crippen molar-refractivity contribution < 1.29 is 4.79 Å². The number of carbonyl (C=O) groups excluding carboxylic acids is 1. The Morgan fingerprint density at radius 3 is 2.89 bits per heavy atom. The fourth-order valence-electron chi connectivity index (χ4n) is 2.18. The highest BCUT2D eigenvalue weighted by atomic mass is 32.1. The van der Waals surface area contributed by atoms with Crippen LogP contribution in [0.3, 0.4) is 0 Å². The highest BCUT2D eigenvalue weighted by Gasteiger charge is 2.15. The summed E-state index contributed by atoms with van der Waals surface area (Å²) < 4.78 is 0. The molecule has 1 aromatic heterocycles. The Morgan fingerprint density at radius 1 is 1.44 bits per heavy atom. The van der Waals surface area contributed by atoms with E-state index in [1.807, 2.05) is 11.8 Å². The van der Waals surface area contributed by atoms with E-state index in [1.54, 1.807) is 11.3 Å². The molecule has 0 unspecified atom stereocenters. The summed E-state index contributed by atoms with van der Waals surface area (Å²) >= 11 is 1.67. The first-order valence-corrected chi connectivity index (χ1v) is 7.53. The summed E-state index contributed by atoms with van der Waals surface area (Å²) in [4.78, 5) is 18.3. The maximum atomic E-state index is 11.9. The molecule has 1 saturated heterocycles. The van der Waals surface area contributed by atoms with Crippen molar-refractivity contribution in [3.63, 3.8) is 0 Å². The number of piperidine rings is 1. The van der Waals surface area contributed by atoms with Crippen LogP contribution in [0.25, 0.3) is 0 Å². The maximum Gasteiger partial charge on any atom is 0.223 e. The zero-order valence-corrected chi connectivity index (χ0v) is 11.8. The first-order valence-electron chi connectivity index (χ1n) is 6.65. The van der Waals surface area contributed by atoms with E-state index in [2.05, 4.69) is 15.7 Å². The Hall–Kier alpha value is -0.940. The van der Waals surface area contributed by atoms with Gasteiger partial charge in [0.25, 0.3) is 0 Å². The zero-order chi connectivity index (χ0) is 12.8. The predicted octanol–water partition coefficient (Wildman–Crippen LogP) is 1.94. The molecule has 0 aromatic carbocycles. The summed E-state index contributed by atoms with van der Waals surface area (Å²) in [6, 6.07) is 0. The molecule has 0 atom stereocenters. The molecule has 1 N–H and O–H groups in total. The molecule has 2 rings (SSSR count). The smallest absolute Gasteiger partial charge is 0.223 e. The van der Waals surface area contributed by atoms with Crippen molar-refractivity contribution in [1.29, 1.82) is 0 Å². The lowest BCUT2D eigenvalue weighted by atomic mass is 10.1. The SMILES string of the molecule is Cc1csc(CNCCC(=O)N2CCCCC2)n1. The van der Waals surface area contributed by atoms with Gasteiger partial charge < -0.3 is 10.2 Å². The molecular weight excluding hydrogens is 246 g/mol. The quantitative estimate of drug-likeness (QED) is 0.829. The van der Waals surface area contributed by atoms with E-state index in [1.165, 1.54) is 6.42 Å². The second-order valence-electron chi connectivity index (χ2n) is 4.75. The third-order valence-electron chi connectivity index (χ3n) is 3.17. The standard InChI is InChI=1S/C13H21N3OS/c1-11-10-18-12(15-11)9-14-6-5-13(17)16-7-3-2-4-8-16/h10,14H,2-9H2,1H3. The number of aromatic nitrogens is 1. The average molecular weight is 267 g/mol. The van der Waals surface area contributed by atoms with Crippen LogP contribution in [-0.4, -0.2) is 35.4 Å². The van der Waals surface area contributed by atoms with Gasteiger partial charge in [0, 0.05) is 43.7 Å². The highest BCUT2D eigenvalue weighted by Crippen LogP contribution is 2.10. The summed E-state index contributed by atoms with van der Waals surface area (Å²) in [6.07, 6.45) is 4.20. The number of amides is 1. The van der Waals surface area contributed by atoms with Gasteiger partial charge in [-0.1, -0.05) is 0 Å². The van der Waals surface area contributed by atoms with E-state index in [0.717, 1.165) is 49.7 Å². The minimum Gasteiger partial charge on any atom is -0.343 e. The second-order valence-corrected chi connectivity index (χ2v) is 5.69. The monoisotopic (exact) mass is 267 g/mol. The molecule has 0 bridgehead atoms. The number of thiazole rings is 1. The van der Waals surface area contributed by atoms with Crippen LogP contribution in [0.4, 0.5) is 0 Å². The molecule has 5 heteroatoms. The largest absolute Gasteiger partial charge is 0.343 e. The number of carbonyl (C=O) groups is 1. The van der Waals surface area contributed by atoms with Crippen LogP contribution >= 0.6 is 11.3 Å². The van der Waals surface area contributed by atoms with E-state index < -0.39 is 0 Å². The molecule has 0 saturated carbocycles. The lowest BCUT2D eigenvalue weighted by molar-refractivity contribution is -0.131. The van der Waals surface area contributed by atoms with Gasteiger partial charge in [0.1, 0.15) is 5.01 Å². The zero-order valence-electron chi connectivity index (χ0n) is 10.9. The average Bonchev–Trinajstić information content (AvgIpc) is 2.81. The van der Waals surface area contributed by atoms with Crippen LogP contribution < -0.4 is 5.32 Å². The molecule has 1 amide bonds. The molecule has 1 aliphatic rings. The Bertz CT molecular complexity index is 385. The number of hydrogen-bond acceptors (Lipinski definition) is 4. The molecular formula is C13H21N3OS. The summed E-state index contributed by atoms with van der Waals surface area (Å²) in [5.74, 6) is 0.289. The fraction of sp³-hybridized carbons (Fsp3) is 0.692. The Labute approximate surface area is 112 Å². The number of likely N-dealkylation sites (tertiary alicyclic amines) is 1. The van der Waals surface area contributed by atoms with Gasteiger partial charge in [0.15, 0.2) is 0 Å². The van der Waals surface area contributed by atoms with E-state index in [-0.39, 0.29) is 5.91 Å². The van der Waals surface area contributed by atoms with Gasteiger partial charge in [-0.2, -0.15) is 0 Å². The highest BCUT2D eigenvalue weighted by molar-refractivity contribution is 7.09. The van der Waals surface area contributed by atoms with Crippen molar-refractivity contribution in [2.45, 2.75) is 39.2 Å². The lowest BCUT2D eigenvalue weighted by Gasteiger charge is -2.26. The molecule has 0 aliphatic carbocycles. The maximum absolute atomic E-state index is 11.9. The van der Waals surface area contributed by atoms with Crippen molar-refractivity contribution >= 4 is 17.2 Å². The van der Waals surface area contributed by atoms with Gasteiger partial charge in [-0.15, -0.1) is 11.3 Å². The molecule has 0 radical (unpaired) electrons. The number of rotatable bonds is 5. The predicted molar refractivity (Wildman–Crippen MR) is 73.6 cm³/mol. The Balaban J connectivity index is 1.61. The van der Waals surface area contributed by atoms with Crippen LogP contribution in [-0.2, 0) is 11.3 Å². The van der Waals surface area contributed by atoms with E-state index in [0.29, 0.717) is 6.42 Å². The Kier molecular flexibility index (Phi) is 5.13. The summed E-state index contributed by atoms with van der Waals surface area (Å²) in [5, 5.41) is 6.43. The van der Waals surface area contributed by atoms with Gasteiger partial charge in [0.05, 0.1) is 0 Å². The van der Waals surface area contributed by atoms with Crippen molar-refractivity contribution in [3.05, 3.63) is 16.1 Å². The van der Waals surface area contributed by atoms with Gasteiger partial charge in [-0.05, 0) is 26.2 Å². The van der Waals surface area contributed by atoms with Crippen molar-refractivity contribution in [2.75, 3.05) is 19.6 Å². The fourth-order valence-corrected chi connectivity index (χ4v) is 2.92. The first-order chi connectivity index (χ1) is 8.75. The molecule has 18 heavy (non-hydrogen) atoms. The van der Waals surface area contributed by atoms with Crippen molar-refractivity contribution in [3.8, 4) is 0 Å². The van der Waals surface area contributed by atoms with E-state index in [9.17, 15) is 4.79 Å². The molecule has 4 nitrogen and oxygen atoms in total. The molecule has 1 fully saturated rings. The third kappa shape index (κ3) is 4.07. The van der Waals surface area contributed by atoms with Gasteiger partial charge in [-0.3, -0.25) is 4.79 Å². The van der Waals surface area contributed by atoms with Crippen LogP contribution in [0.5, 0.6) is 0 Å². The molecule has 100 valence electrons. The minimum atomic E-state index is 0.289. The number of nitrogens with zero attached hydrogens (tertiary/aromatic N) is 2. The van der Waals surface area contributed by atoms with E-state index in [4.69, 9.17) is 0 Å². The molecule has 1 aromatic rings. The summed E-state index contributed by atoms with van der Waals surface area (Å²) in [6.45, 7) is 5.41. The molecule has 1 aliphatic heterocycles. The number of hydrogen-bond donors (Lipinski definition) is 1. The second kappa shape index (κ2) is 6.85. The number of nitrogens with one attached hydrogen (secondary N) is 1. The van der Waals surface area contributed by atoms with Crippen LogP contribution in [0.1, 0.15) is 36.4 Å². The summed E-state index contributed by atoms with van der Waals surface area (Å²) in [7, 11) is 0. The normalized spacial score (nSPS) is 15.9. The van der Waals surface area contributed by atoms with Crippen LogP contribution in [0.15, 0.2) is 5.38 Å². The van der Waals surface area contributed by atoms with Crippen molar-refractivity contribution in [2.24, 2.45) is 0 Å². The van der Waals surface area contributed by atoms with E-state index >= 15 is 0 Å². The topological polar surface area (TPSA) is 45.2 Å². The Morgan fingerprint density at radius 2 is 2.22 bits per heavy atom. The lowest BCUT2D eigenvalue weighted by Crippen LogP contribution is -2.37. The molecule has 0 spiro atoms. The third-order valence-corrected chi connectivity index (χ3v) is 4.13. The van der Waals surface area contributed by atoms with Gasteiger partial charge >= 0.3 is 0 Å². The van der Waals surface area contributed by atoms with Gasteiger partial charge in [-0.25, -0.2) is 4.98 Å². The first kappa shape index (κ1) is 13.5. The van der Waals surface area contributed by atoms with Crippen molar-refractivity contribution in [1.82, 2.24) is 15.2 Å². The van der Waals surface area contributed by atoms with Crippen LogP contribution in [0, 0.1) is 6.92 Å². The molecule has 2 heterocycles.